The zero-order valence-corrected chi connectivity index (χ0v) is 13.0. The number of pyridine rings is 1. The van der Waals surface area contributed by atoms with Crippen molar-refractivity contribution in [2.24, 2.45) is 0 Å². The Labute approximate surface area is 117 Å². The van der Waals surface area contributed by atoms with Crippen molar-refractivity contribution in [1.29, 1.82) is 0 Å². The van der Waals surface area contributed by atoms with Crippen molar-refractivity contribution >= 4 is 31.8 Å². The van der Waals surface area contributed by atoms with Crippen LogP contribution in [0.2, 0.25) is 0 Å². The first-order valence-corrected chi connectivity index (χ1v) is 8.38. The highest BCUT2D eigenvalue weighted by molar-refractivity contribution is 9.10. The van der Waals surface area contributed by atoms with E-state index in [0.717, 1.165) is 16.7 Å². The van der Waals surface area contributed by atoms with Gasteiger partial charge in [-0.2, -0.15) is 0 Å². The summed E-state index contributed by atoms with van der Waals surface area (Å²) >= 11 is 3.31. The van der Waals surface area contributed by atoms with Gasteiger partial charge in [-0.15, -0.1) is 0 Å². The Hall–Kier alpha value is -0.660. The van der Waals surface area contributed by atoms with Gasteiger partial charge in [0.05, 0.1) is 6.26 Å². The largest absolute Gasteiger partial charge is 0.370 e. The number of aromatic nitrogens is 1. The van der Waals surface area contributed by atoms with Crippen molar-refractivity contribution in [3.05, 3.63) is 22.8 Å². The van der Waals surface area contributed by atoms with Crippen molar-refractivity contribution in [2.75, 3.05) is 31.2 Å². The number of nitrogens with zero attached hydrogens (tertiary/aromatic N) is 2. The van der Waals surface area contributed by atoms with Crippen LogP contribution in [0.15, 0.2) is 22.8 Å². The van der Waals surface area contributed by atoms with Crippen molar-refractivity contribution in [1.82, 2.24) is 9.29 Å². The van der Waals surface area contributed by atoms with Crippen LogP contribution in [-0.4, -0.2) is 43.6 Å². The fourth-order valence-corrected chi connectivity index (χ4v) is 2.68. The van der Waals surface area contributed by atoms with E-state index in [1.807, 2.05) is 19.1 Å². The van der Waals surface area contributed by atoms with Crippen LogP contribution in [0.1, 0.15) is 13.3 Å². The summed E-state index contributed by atoms with van der Waals surface area (Å²) < 4.78 is 25.1. The zero-order valence-electron chi connectivity index (χ0n) is 10.6. The quantitative estimate of drug-likeness (QED) is 0.773. The molecule has 5 nitrogen and oxygen atoms in total. The smallest absolute Gasteiger partial charge is 0.211 e. The van der Waals surface area contributed by atoms with Crippen LogP contribution in [0, 0.1) is 0 Å². The van der Waals surface area contributed by atoms with Gasteiger partial charge in [0, 0.05) is 30.3 Å². The van der Waals surface area contributed by atoms with E-state index in [9.17, 15) is 8.42 Å². The first kappa shape index (κ1) is 15.4. The Balaban J connectivity index is 2.32. The molecule has 0 spiro atoms. The molecule has 0 saturated carbocycles. The van der Waals surface area contributed by atoms with Crippen LogP contribution in [-0.2, 0) is 10.0 Å². The highest BCUT2D eigenvalue weighted by Gasteiger charge is 2.12. The summed E-state index contributed by atoms with van der Waals surface area (Å²) in [6.45, 7) is 3.57. The lowest BCUT2D eigenvalue weighted by atomic mass is 10.4. The lowest BCUT2D eigenvalue weighted by Crippen LogP contribution is -2.31. The average molecular weight is 336 g/mol. The molecule has 0 aromatic carbocycles. The van der Waals surface area contributed by atoms with Crippen LogP contribution < -0.4 is 5.32 Å². The van der Waals surface area contributed by atoms with Gasteiger partial charge >= 0.3 is 0 Å². The molecule has 0 fully saturated rings. The molecule has 1 aromatic heterocycles. The Morgan fingerprint density at radius 3 is 2.67 bits per heavy atom. The Bertz CT molecular complexity index is 462. The van der Waals surface area contributed by atoms with Crippen molar-refractivity contribution < 1.29 is 8.42 Å². The van der Waals surface area contributed by atoms with Gasteiger partial charge in [0.2, 0.25) is 10.0 Å². The molecular weight excluding hydrogens is 318 g/mol. The van der Waals surface area contributed by atoms with Gasteiger partial charge < -0.3 is 5.32 Å². The molecule has 1 rings (SSSR count). The van der Waals surface area contributed by atoms with Crippen molar-refractivity contribution in [3.63, 3.8) is 0 Å². The number of rotatable bonds is 7. The summed E-state index contributed by atoms with van der Waals surface area (Å²) in [6.07, 6.45) is 3.70. The predicted octanol–water partition coefficient (Wildman–Crippen LogP) is 1.93. The minimum Gasteiger partial charge on any atom is -0.370 e. The van der Waals surface area contributed by atoms with E-state index >= 15 is 0 Å². The number of hydrogen-bond donors (Lipinski definition) is 1. The van der Waals surface area contributed by atoms with Gasteiger partial charge in [0.25, 0.3) is 0 Å². The molecule has 7 heteroatoms. The molecule has 18 heavy (non-hydrogen) atoms. The van der Waals surface area contributed by atoms with E-state index < -0.39 is 10.0 Å². The summed E-state index contributed by atoms with van der Waals surface area (Å²) in [6, 6.07) is 3.78. The lowest BCUT2D eigenvalue weighted by Gasteiger charge is -2.17. The number of anilines is 1. The van der Waals surface area contributed by atoms with E-state index in [1.54, 1.807) is 6.20 Å². The molecule has 1 aromatic rings. The Kier molecular flexibility index (Phi) is 6.04. The third kappa shape index (κ3) is 5.32. The number of nitrogens with one attached hydrogen (secondary N) is 1. The highest BCUT2D eigenvalue weighted by Crippen LogP contribution is 2.10. The summed E-state index contributed by atoms with van der Waals surface area (Å²) in [5, 5.41) is 3.15. The second-order valence-corrected chi connectivity index (χ2v) is 6.79. The molecule has 1 heterocycles. The fraction of sp³-hybridized carbons (Fsp3) is 0.545. The van der Waals surface area contributed by atoms with E-state index in [-0.39, 0.29) is 0 Å². The second-order valence-electron chi connectivity index (χ2n) is 3.90. The molecule has 0 saturated heterocycles. The van der Waals surface area contributed by atoms with Gasteiger partial charge in [-0.3, -0.25) is 0 Å². The third-order valence-corrected chi connectivity index (χ3v) is 4.29. The van der Waals surface area contributed by atoms with Crippen LogP contribution in [0.4, 0.5) is 5.82 Å². The van der Waals surface area contributed by atoms with Gasteiger partial charge in [-0.25, -0.2) is 17.7 Å². The first-order chi connectivity index (χ1) is 8.43. The standard InChI is InChI=1S/C11H18BrN3O2S/c1-3-15(18(2,16)17)8-4-7-13-11-6-5-10(12)9-14-11/h5-6,9H,3-4,7-8H2,1-2H3,(H,13,14). The fourth-order valence-electron chi connectivity index (χ4n) is 1.51. The SMILES string of the molecule is CCN(CCCNc1ccc(Br)cn1)S(C)(=O)=O. The molecule has 0 bridgehead atoms. The topological polar surface area (TPSA) is 62.3 Å². The molecule has 1 N–H and O–H groups in total. The molecular formula is C11H18BrN3O2S. The Morgan fingerprint density at radius 2 is 2.17 bits per heavy atom. The van der Waals surface area contributed by atoms with E-state index in [2.05, 4.69) is 26.2 Å². The maximum atomic E-state index is 11.4. The van der Waals surface area contributed by atoms with Crippen molar-refractivity contribution in [2.45, 2.75) is 13.3 Å². The molecule has 0 aliphatic carbocycles. The highest BCUT2D eigenvalue weighted by atomic mass is 79.9. The molecule has 0 radical (unpaired) electrons. The third-order valence-electron chi connectivity index (χ3n) is 2.44. The normalized spacial score (nSPS) is 11.8. The Morgan fingerprint density at radius 1 is 1.44 bits per heavy atom. The average Bonchev–Trinajstić information content (AvgIpc) is 2.30. The minimum atomic E-state index is -3.08. The molecule has 0 amide bonds. The summed E-state index contributed by atoms with van der Waals surface area (Å²) in [4.78, 5) is 4.17. The predicted molar refractivity (Wildman–Crippen MR) is 77.1 cm³/mol. The lowest BCUT2D eigenvalue weighted by molar-refractivity contribution is 0.428. The van der Waals surface area contributed by atoms with E-state index in [0.29, 0.717) is 19.6 Å². The maximum absolute atomic E-state index is 11.4. The minimum absolute atomic E-state index is 0.509. The molecule has 102 valence electrons. The number of halogens is 1. The van der Waals surface area contributed by atoms with E-state index in [1.165, 1.54) is 10.6 Å². The van der Waals surface area contributed by atoms with Crippen molar-refractivity contribution in [3.8, 4) is 0 Å². The maximum Gasteiger partial charge on any atom is 0.211 e. The molecule has 0 unspecified atom stereocenters. The summed E-state index contributed by atoms with van der Waals surface area (Å²) in [5.74, 6) is 0.792. The van der Waals surface area contributed by atoms with E-state index in [4.69, 9.17) is 0 Å². The molecule has 0 atom stereocenters. The van der Waals surface area contributed by atoms with Gasteiger partial charge in [0.15, 0.2) is 0 Å². The van der Waals surface area contributed by atoms with Crippen LogP contribution in [0.5, 0.6) is 0 Å². The van der Waals surface area contributed by atoms with Crippen LogP contribution in [0.25, 0.3) is 0 Å². The number of sulfonamides is 1. The monoisotopic (exact) mass is 335 g/mol. The summed E-state index contributed by atoms with van der Waals surface area (Å²) in [5.41, 5.74) is 0. The van der Waals surface area contributed by atoms with Gasteiger partial charge in [-0.05, 0) is 34.5 Å². The van der Waals surface area contributed by atoms with Crippen LogP contribution >= 0.6 is 15.9 Å². The molecule has 0 aliphatic heterocycles. The first-order valence-electron chi connectivity index (χ1n) is 5.74. The summed E-state index contributed by atoms with van der Waals surface area (Å²) in [7, 11) is -3.08. The zero-order chi connectivity index (χ0) is 13.6. The van der Waals surface area contributed by atoms with Gasteiger partial charge in [-0.1, -0.05) is 6.92 Å². The molecule has 0 aliphatic rings. The van der Waals surface area contributed by atoms with Crippen LogP contribution in [0.3, 0.4) is 0 Å². The second kappa shape index (κ2) is 7.06. The van der Waals surface area contributed by atoms with Gasteiger partial charge in [0.1, 0.15) is 5.82 Å². The number of hydrogen-bond acceptors (Lipinski definition) is 4.